The minimum atomic E-state index is -0.797. The highest BCUT2D eigenvalue weighted by Crippen LogP contribution is 2.16. The molecule has 1 unspecified atom stereocenters. The van der Waals surface area contributed by atoms with Gasteiger partial charge in [0.25, 0.3) is 0 Å². The summed E-state index contributed by atoms with van der Waals surface area (Å²) >= 11 is 0. The predicted molar refractivity (Wildman–Crippen MR) is 288 cm³/mol. The van der Waals surface area contributed by atoms with E-state index in [0.29, 0.717) is 19.3 Å². The Morgan fingerprint density at radius 1 is 0.313 bits per heavy atom. The molecule has 0 saturated carbocycles. The van der Waals surface area contributed by atoms with Crippen molar-refractivity contribution in [3.05, 3.63) is 97.2 Å². The zero-order valence-electron chi connectivity index (χ0n) is 43.6. The lowest BCUT2D eigenvalue weighted by Crippen LogP contribution is -2.30. The maximum absolute atomic E-state index is 12.8. The summed E-state index contributed by atoms with van der Waals surface area (Å²) in [5.41, 5.74) is 0. The standard InChI is InChI=1S/C61H102O6/c1-4-7-10-13-16-19-22-25-28-30-31-34-36-39-42-45-48-51-54-60(63)66-57-58(56-65-59(62)53-50-47-44-41-38-35-32-27-24-21-18-15-12-9-6-3)67-61(64)55-52-49-46-43-40-37-33-29-26-23-20-17-14-11-8-5-2/h9,12,15-16,18-19,21-22,24-25,27-28,30-32,34,58H,4-8,10-11,13-14,17,20,23,26,29,33,35-57H2,1-3H3/b12-9-,18-15-,19-16-,24-21-,25-22-,30-28-,32-27-,34-31-. The Labute approximate surface area is 413 Å². The molecule has 0 heterocycles. The Morgan fingerprint density at radius 3 is 0.940 bits per heavy atom. The molecule has 6 heteroatoms. The maximum atomic E-state index is 12.8. The van der Waals surface area contributed by atoms with Crippen LogP contribution in [0.15, 0.2) is 97.2 Å². The molecule has 0 spiro atoms. The molecule has 0 rings (SSSR count). The van der Waals surface area contributed by atoms with Crippen LogP contribution in [0.3, 0.4) is 0 Å². The van der Waals surface area contributed by atoms with Crippen LogP contribution in [0.5, 0.6) is 0 Å². The summed E-state index contributed by atoms with van der Waals surface area (Å²) in [7, 11) is 0. The van der Waals surface area contributed by atoms with Crippen molar-refractivity contribution >= 4 is 17.9 Å². The van der Waals surface area contributed by atoms with Crippen LogP contribution in [0, 0.1) is 0 Å². The summed E-state index contributed by atoms with van der Waals surface area (Å²) in [6.07, 6.45) is 72.4. The average Bonchev–Trinajstić information content (AvgIpc) is 3.33. The summed E-state index contributed by atoms with van der Waals surface area (Å²) in [4.78, 5) is 38.1. The number of esters is 3. The molecule has 0 aliphatic heterocycles. The molecule has 0 aliphatic rings. The first-order chi connectivity index (χ1) is 33.0. The van der Waals surface area contributed by atoms with Crippen LogP contribution in [-0.2, 0) is 28.6 Å². The van der Waals surface area contributed by atoms with Gasteiger partial charge in [0.05, 0.1) is 0 Å². The predicted octanol–water partition coefficient (Wildman–Crippen LogP) is 18.5. The second kappa shape index (κ2) is 54.9. The number of allylic oxidation sites excluding steroid dienone is 16. The van der Waals surface area contributed by atoms with Crippen molar-refractivity contribution < 1.29 is 28.6 Å². The summed E-state index contributed by atoms with van der Waals surface area (Å²) in [5, 5.41) is 0. The highest BCUT2D eigenvalue weighted by Gasteiger charge is 2.19. The van der Waals surface area contributed by atoms with Crippen LogP contribution >= 0.6 is 0 Å². The van der Waals surface area contributed by atoms with E-state index in [2.05, 4.69) is 99.8 Å². The Balaban J connectivity index is 4.47. The molecule has 0 bridgehead atoms. The van der Waals surface area contributed by atoms with Crippen LogP contribution in [0.1, 0.15) is 252 Å². The van der Waals surface area contributed by atoms with Crippen molar-refractivity contribution in [1.82, 2.24) is 0 Å². The van der Waals surface area contributed by atoms with E-state index in [1.807, 2.05) is 18.2 Å². The third-order valence-corrected chi connectivity index (χ3v) is 11.8. The number of rotatable bonds is 49. The van der Waals surface area contributed by atoms with E-state index in [-0.39, 0.29) is 31.1 Å². The Hall–Kier alpha value is -3.67. The molecule has 0 radical (unpaired) electrons. The molecule has 0 aromatic heterocycles. The van der Waals surface area contributed by atoms with Gasteiger partial charge in [-0.3, -0.25) is 14.4 Å². The summed E-state index contributed by atoms with van der Waals surface area (Å²) < 4.78 is 16.8. The highest BCUT2D eigenvalue weighted by molar-refractivity contribution is 5.71. The average molecular weight is 931 g/mol. The van der Waals surface area contributed by atoms with Crippen molar-refractivity contribution in [3.63, 3.8) is 0 Å². The third-order valence-electron chi connectivity index (χ3n) is 11.8. The van der Waals surface area contributed by atoms with Gasteiger partial charge in [-0.15, -0.1) is 0 Å². The van der Waals surface area contributed by atoms with Crippen LogP contribution in [-0.4, -0.2) is 37.2 Å². The van der Waals surface area contributed by atoms with Gasteiger partial charge in [0.15, 0.2) is 6.10 Å². The largest absolute Gasteiger partial charge is 0.462 e. The fourth-order valence-electron chi connectivity index (χ4n) is 7.58. The minimum absolute atomic E-state index is 0.0969. The molecule has 0 fully saturated rings. The van der Waals surface area contributed by atoms with E-state index in [9.17, 15) is 14.4 Å². The van der Waals surface area contributed by atoms with Gasteiger partial charge in [-0.1, -0.05) is 266 Å². The smallest absolute Gasteiger partial charge is 0.306 e. The van der Waals surface area contributed by atoms with Gasteiger partial charge in [-0.25, -0.2) is 0 Å². The van der Waals surface area contributed by atoms with Gasteiger partial charge in [0.1, 0.15) is 13.2 Å². The van der Waals surface area contributed by atoms with E-state index in [1.165, 1.54) is 103 Å². The number of carbonyl (C=O) groups is 3. The molecule has 6 nitrogen and oxygen atoms in total. The SMILES string of the molecule is CC\C=C/C=C\C=C/C=C\CCCCCCCC(=O)OCC(COC(=O)CCCCCCC\C=C/C=C\C=C/C=C\CCCCC)OC(=O)CCCCCCCCCCCCCCCCCC. The molecule has 0 N–H and O–H groups in total. The maximum Gasteiger partial charge on any atom is 0.306 e. The number of ether oxygens (including phenoxy) is 3. The zero-order valence-corrected chi connectivity index (χ0v) is 43.6. The Morgan fingerprint density at radius 2 is 0.582 bits per heavy atom. The summed E-state index contributed by atoms with van der Waals surface area (Å²) in [5.74, 6) is -0.936. The van der Waals surface area contributed by atoms with Gasteiger partial charge >= 0.3 is 17.9 Å². The first-order valence-corrected chi connectivity index (χ1v) is 27.8. The fraction of sp³-hybridized carbons (Fsp3) is 0.689. The quantitative estimate of drug-likeness (QED) is 0.0262. The molecule has 0 amide bonds. The number of carbonyl (C=O) groups excluding carboxylic acids is 3. The summed E-state index contributed by atoms with van der Waals surface area (Å²) in [6, 6.07) is 0. The van der Waals surface area contributed by atoms with Crippen LogP contribution < -0.4 is 0 Å². The van der Waals surface area contributed by atoms with Crippen LogP contribution in [0.25, 0.3) is 0 Å². The second-order valence-corrected chi connectivity index (χ2v) is 18.3. The van der Waals surface area contributed by atoms with Gasteiger partial charge in [0.2, 0.25) is 0 Å². The molecule has 0 aliphatic carbocycles. The third kappa shape index (κ3) is 53.2. The minimum Gasteiger partial charge on any atom is -0.462 e. The van der Waals surface area contributed by atoms with Gasteiger partial charge < -0.3 is 14.2 Å². The molecule has 0 aromatic carbocycles. The number of unbranched alkanes of at least 4 members (excludes halogenated alkanes) is 28. The molecular weight excluding hydrogens is 829 g/mol. The Bertz CT molecular complexity index is 1350. The topological polar surface area (TPSA) is 78.9 Å². The summed E-state index contributed by atoms with van der Waals surface area (Å²) in [6.45, 7) is 6.43. The number of hydrogen-bond donors (Lipinski definition) is 0. The molecular formula is C61H102O6. The molecule has 67 heavy (non-hydrogen) atoms. The monoisotopic (exact) mass is 931 g/mol. The first kappa shape index (κ1) is 63.3. The first-order valence-electron chi connectivity index (χ1n) is 27.8. The second-order valence-electron chi connectivity index (χ2n) is 18.3. The van der Waals surface area contributed by atoms with Crippen molar-refractivity contribution in [3.8, 4) is 0 Å². The highest BCUT2D eigenvalue weighted by atomic mass is 16.6. The molecule has 0 saturated heterocycles. The van der Waals surface area contributed by atoms with Crippen LogP contribution in [0.4, 0.5) is 0 Å². The molecule has 1 atom stereocenters. The Kier molecular flexibility index (Phi) is 51.9. The van der Waals surface area contributed by atoms with Crippen LogP contribution in [0.2, 0.25) is 0 Å². The molecule has 382 valence electrons. The van der Waals surface area contributed by atoms with Crippen molar-refractivity contribution in [1.29, 1.82) is 0 Å². The zero-order chi connectivity index (χ0) is 48.6. The lowest BCUT2D eigenvalue weighted by atomic mass is 10.0. The fourth-order valence-corrected chi connectivity index (χ4v) is 7.58. The lowest BCUT2D eigenvalue weighted by Gasteiger charge is -2.18. The molecule has 0 aromatic rings. The van der Waals surface area contributed by atoms with E-state index < -0.39 is 6.10 Å². The van der Waals surface area contributed by atoms with E-state index >= 15 is 0 Å². The van der Waals surface area contributed by atoms with Crippen molar-refractivity contribution in [2.75, 3.05) is 13.2 Å². The van der Waals surface area contributed by atoms with E-state index in [0.717, 1.165) is 109 Å². The number of hydrogen-bond acceptors (Lipinski definition) is 6. The normalized spacial score (nSPS) is 12.8. The van der Waals surface area contributed by atoms with Gasteiger partial charge in [0, 0.05) is 19.3 Å². The van der Waals surface area contributed by atoms with E-state index in [1.54, 1.807) is 0 Å². The van der Waals surface area contributed by atoms with Crippen molar-refractivity contribution in [2.24, 2.45) is 0 Å². The lowest BCUT2D eigenvalue weighted by molar-refractivity contribution is -0.167. The van der Waals surface area contributed by atoms with E-state index in [4.69, 9.17) is 14.2 Å². The van der Waals surface area contributed by atoms with Gasteiger partial charge in [-0.05, 0) is 64.2 Å². The van der Waals surface area contributed by atoms with Crippen molar-refractivity contribution in [2.45, 2.75) is 258 Å². The van der Waals surface area contributed by atoms with Gasteiger partial charge in [-0.2, -0.15) is 0 Å².